The predicted molar refractivity (Wildman–Crippen MR) is 155 cm³/mol. The third-order valence-electron chi connectivity index (χ3n) is 10.2. The van der Waals surface area contributed by atoms with Crippen molar-refractivity contribution in [2.45, 2.75) is 78.3 Å². The summed E-state index contributed by atoms with van der Waals surface area (Å²) in [5, 5.41) is 10.5. The Kier molecular flexibility index (Phi) is 6.57. The third kappa shape index (κ3) is 4.28. The average molecular weight is 528 g/mol. The number of fused-ring (bicyclic) bond motifs is 2. The van der Waals surface area contributed by atoms with Gasteiger partial charge in [-0.25, -0.2) is 19.9 Å². The van der Waals surface area contributed by atoms with Gasteiger partial charge in [0, 0.05) is 23.7 Å². The molecular formula is C31H41N7O. The van der Waals surface area contributed by atoms with Crippen LogP contribution >= 0.6 is 0 Å². The molecule has 39 heavy (non-hydrogen) atoms. The molecule has 3 aromatic rings. The van der Waals surface area contributed by atoms with Crippen LogP contribution in [0.5, 0.6) is 0 Å². The van der Waals surface area contributed by atoms with Gasteiger partial charge < -0.3 is 16.0 Å². The van der Waals surface area contributed by atoms with Crippen LogP contribution < -0.4 is 16.0 Å². The van der Waals surface area contributed by atoms with Gasteiger partial charge >= 0.3 is 0 Å². The number of ketones is 1. The molecule has 8 heteroatoms. The summed E-state index contributed by atoms with van der Waals surface area (Å²) in [6.07, 6.45) is 9.40. The van der Waals surface area contributed by atoms with Crippen LogP contribution in [-0.4, -0.2) is 44.9 Å². The normalized spacial score (nSPS) is 31.4. The van der Waals surface area contributed by atoms with Crippen molar-refractivity contribution in [3.63, 3.8) is 0 Å². The van der Waals surface area contributed by atoms with E-state index in [-0.39, 0.29) is 28.8 Å². The molecule has 1 aromatic carbocycles. The Labute approximate surface area is 231 Å². The first-order valence-corrected chi connectivity index (χ1v) is 14.5. The highest BCUT2D eigenvalue weighted by Crippen LogP contribution is 2.76. The van der Waals surface area contributed by atoms with E-state index in [1.165, 1.54) is 24.7 Å². The molecule has 206 valence electrons. The molecule has 3 fully saturated rings. The standard InChI is InChI=1S/C31H41N7O/c1-18-7-6-8-22(15-18)36-28-25-23(34-17-35-28)16-33-29(38-25)37-21-12-10-20(11-13-21)27(39)31-24(30(31,3)4)14-9-19(2)26(31)32-5/h6-8,15-17,19-21,24,26,32H,9-14H2,1-5H3,(H,33,37,38)(H,34,35,36). The molecule has 6 rings (SSSR count). The highest BCUT2D eigenvalue weighted by molar-refractivity contribution is 5.93. The molecule has 8 nitrogen and oxygen atoms in total. The highest BCUT2D eigenvalue weighted by Gasteiger charge is 2.79. The zero-order valence-electron chi connectivity index (χ0n) is 23.8. The molecular weight excluding hydrogens is 486 g/mol. The smallest absolute Gasteiger partial charge is 0.223 e. The van der Waals surface area contributed by atoms with E-state index in [0.717, 1.165) is 31.4 Å². The Morgan fingerprint density at radius 1 is 1.03 bits per heavy atom. The van der Waals surface area contributed by atoms with E-state index in [0.29, 0.717) is 40.4 Å². The van der Waals surface area contributed by atoms with Crippen molar-refractivity contribution in [2.24, 2.45) is 28.6 Å². The first kappa shape index (κ1) is 26.1. The van der Waals surface area contributed by atoms with Crippen molar-refractivity contribution < 1.29 is 4.79 Å². The van der Waals surface area contributed by atoms with Crippen LogP contribution in [0.4, 0.5) is 17.5 Å². The van der Waals surface area contributed by atoms with Crippen molar-refractivity contribution in [3.05, 3.63) is 42.4 Å². The number of carbonyl (C=O) groups excluding carboxylic acids is 1. The number of benzene rings is 1. The lowest BCUT2D eigenvalue weighted by Gasteiger charge is -2.40. The number of nitrogens with one attached hydrogen (secondary N) is 3. The fraction of sp³-hybridized carbons (Fsp3) is 0.581. The number of hydrogen-bond donors (Lipinski definition) is 3. The van der Waals surface area contributed by atoms with Gasteiger partial charge in [0.2, 0.25) is 5.95 Å². The largest absolute Gasteiger partial charge is 0.351 e. The molecule has 0 saturated heterocycles. The van der Waals surface area contributed by atoms with Crippen molar-refractivity contribution >= 4 is 34.3 Å². The SMILES string of the molecule is CNC1C(C)CCC2C(C)(C)C12C(=O)C1CCC(Nc2ncc3ncnc(Nc4cccc(C)c4)c3n2)CC1. The Morgan fingerprint density at radius 2 is 1.82 bits per heavy atom. The van der Waals surface area contributed by atoms with Crippen LogP contribution in [0.3, 0.4) is 0 Å². The molecule has 0 bridgehead atoms. The van der Waals surface area contributed by atoms with Crippen molar-refractivity contribution in [2.75, 3.05) is 17.7 Å². The maximum absolute atomic E-state index is 14.2. The van der Waals surface area contributed by atoms with E-state index in [1.54, 1.807) is 6.20 Å². The molecule has 0 spiro atoms. The molecule has 0 aliphatic heterocycles. The van der Waals surface area contributed by atoms with Crippen LogP contribution in [-0.2, 0) is 4.79 Å². The topological polar surface area (TPSA) is 105 Å². The van der Waals surface area contributed by atoms with E-state index >= 15 is 0 Å². The van der Waals surface area contributed by atoms with E-state index in [2.05, 4.69) is 70.7 Å². The highest BCUT2D eigenvalue weighted by atomic mass is 16.1. The lowest BCUT2D eigenvalue weighted by molar-refractivity contribution is -0.133. The molecule has 4 atom stereocenters. The van der Waals surface area contributed by atoms with Crippen LogP contribution in [0, 0.1) is 35.5 Å². The van der Waals surface area contributed by atoms with Crippen LogP contribution in [0.1, 0.15) is 64.9 Å². The van der Waals surface area contributed by atoms with Gasteiger partial charge in [-0.15, -0.1) is 0 Å². The Bertz CT molecular complexity index is 1380. The zero-order chi connectivity index (χ0) is 27.4. The van der Waals surface area contributed by atoms with Crippen LogP contribution in [0.25, 0.3) is 11.0 Å². The number of aromatic nitrogens is 4. The Morgan fingerprint density at radius 3 is 2.56 bits per heavy atom. The predicted octanol–water partition coefficient (Wildman–Crippen LogP) is 5.67. The third-order valence-corrected chi connectivity index (χ3v) is 10.2. The van der Waals surface area contributed by atoms with Crippen LogP contribution in [0.2, 0.25) is 0 Å². The number of anilines is 3. The average Bonchev–Trinajstić information content (AvgIpc) is 3.44. The fourth-order valence-corrected chi connectivity index (χ4v) is 8.21. The second-order valence-corrected chi connectivity index (χ2v) is 12.7. The van der Waals surface area contributed by atoms with Gasteiger partial charge in [-0.3, -0.25) is 4.79 Å². The second kappa shape index (κ2) is 9.81. The molecule has 3 aliphatic carbocycles. The molecule has 3 N–H and O–H groups in total. The molecule has 2 aromatic heterocycles. The van der Waals surface area contributed by atoms with Crippen molar-refractivity contribution in [1.82, 2.24) is 25.3 Å². The number of aryl methyl sites for hydroxylation is 1. The Balaban J connectivity index is 1.14. The fourth-order valence-electron chi connectivity index (χ4n) is 8.21. The zero-order valence-corrected chi connectivity index (χ0v) is 23.8. The van der Waals surface area contributed by atoms with E-state index in [9.17, 15) is 4.79 Å². The minimum atomic E-state index is -0.202. The molecule has 4 unspecified atom stereocenters. The lowest BCUT2D eigenvalue weighted by Crippen LogP contribution is -2.51. The summed E-state index contributed by atoms with van der Waals surface area (Å²) in [6.45, 7) is 9.04. The Hall–Kier alpha value is -3.13. The number of rotatable bonds is 7. The van der Waals surface area contributed by atoms with Gasteiger partial charge in [0.1, 0.15) is 23.1 Å². The minimum absolute atomic E-state index is 0.0861. The van der Waals surface area contributed by atoms with E-state index in [1.807, 2.05) is 19.2 Å². The van der Waals surface area contributed by atoms with Gasteiger partial charge in [-0.2, -0.15) is 0 Å². The number of Topliss-reactive ketones (excluding diaryl/α,β-unsaturated/α-hetero) is 1. The number of hydrogen-bond acceptors (Lipinski definition) is 8. The van der Waals surface area contributed by atoms with Gasteiger partial charge in [0.15, 0.2) is 5.82 Å². The van der Waals surface area contributed by atoms with Crippen molar-refractivity contribution in [3.8, 4) is 0 Å². The molecule has 0 radical (unpaired) electrons. The van der Waals surface area contributed by atoms with E-state index in [4.69, 9.17) is 4.98 Å². The van der Waals surface area contributed by atoms with Crippen LogP contribution in [0.15, 0.2) is 36.8 Å². The molecule has 0 amide bonds. The van der Waals surface area contributed by atoms with Gasteiger partial charge in [0.25, 0.3) is 0 Å². The summed E-state index contributed by atoms with van der Waals surface area (Å²) in [5.74, 6) is 2.95. The first-order valence-electron chi connectivity index (χ1n) is 14.5. The summed E-state index contributed by atoms with van der Waals surface area (Å²) in [7, 11) is 2.05. The quantitative estimate of drug-likeness (QED) is 0.361. The summed E-state index contributed by atoms with van der Waals surface area (Å²) in [5.41, 5.74) is 3.39. The first-order chi connectivity index (χ1) is 18.8. The summed E-state index contributed by atoms with van der Waals surface area (Å²) in [4.78, 5) is 32.3. The monoisotopic (exact) mass is 527 g/mol. The minimum Gasteiger partial charge on any atom is -0.351 e. The molecule has 3 aliphatic rings. The maximum atomic E-state index is 14.2. The summed E-state index contributed by atoms with van der Waals surface area (Å²) in [6, 6.07) is 8.69. The number of nitrogens with zero attached hydrogens (tertiary/aromatic N) is 4. The van der Waals surface area contributed by atoms with Gasteiger partial charge in [-0.05, 0) is 87.4 Å². The summed E-state index contributed by atoms with van der Waals surface area (Å²) < 4.78 is 0. The lowest BCUT2D eigenvalue weighted by atomic mass is 9.68. The maximum Gasteiger partial charge on any atom is 0.223 e. The molecule has 3 saturated carbocycles. The van der Waals surface area contributed by atoms with Gasteiger partial charge in [0.05, 0.1) is 11.6 Å². The van der Waals surface area contributed by atoms with Gasteiger partial charge in [-0.1, -0.05) is 32.9 Å². The van der Waals surface area contributed by atoms with Crippen molar-refractivity contribution in [1.29, 1.82) is 0 Å². The van der Waals surface area contributed by atoms with E-state index < -0.39 is 0 Å². The number of carbonyl (C=O) groups is 1. The molecule has 2 heterocycles. The summed E-state index contributed by atoms with van der Waals surface area (Å²) >= 11 is 0. The second-order valence-electron chi connectivity index (χ2n) is 12.7.